The largest absolute Gasteiger partial charge is 0.130 e. The van der Waals surface area contributed by atoms with Crippen molar-refractivity contribution in [3.8, 4) is 0 Å². The van der Waals surface area contributed by atoms with Crippen LogP contribution < -0.4 is 0 Å². The van der Waals surface area contributed by atoms with E-state index in [4.69, 9.17) is 0 Å². The van der Waals surface area contributed by atoms with E-state index in [0.29, 0.717) is 0 Å². The van der Waals surface area contributed by atoms with Crippen LogP contribution in [0.2, 0.25) is 0 Å². The predicted octanol–water partition coefficient (Wildman–Crippen LogP) is 4.37. The first-order valence-corrected chi connectivity index (χ1v) is 6.46. The van der Waals surface area contributed by atoms with Crippen LogP contribution in [0.5, 0.6) is 0 Å². The van der Waals surface area contributed by atoms with E-state index in [1.54, 1.807) is 17.3 Å². The van der Waals surface area contributed by atoms with E-state index in [0.717, 1.165) is 0 Å². The van der Waals surface area contributed by atoms with Gasteiger partial charge in [0, 0.05) is 4.90 Å². The molecule has 0 radical (unpaired) electrons. The van der Waals surface area contributed by atoms with Crippen molar-refractivity contribution in [3.63, 3.8) is 0 Å². The maximum atomic E-state index is 2.40. The fourth-order valence-corrected chi connectivity index (χ4v) is 2.31. The summed E-state index contributed by atoms with van der Waals surface area (Å²) in [6.07, 6.45) is 9.77. The Hall–Kier alpha value is -0.690. The molecule has 0 saturated heterocycles. The number of rotatable bonds is 2. The topological polar surface area (TPSA) is 0 Å². The zero-order chi connectivity index (χ0) is 9.80. The monoisotopic (exact) mass is 204 g/mol. The molecule has 0 bridgehead atoms. The second-order valence-corrected chi connectivity index (χ2v) is 4.58. The third-order valence-electron chi connectivity index (χ3n) is 2.75. The quantitative estimate of drug-likeness (QED) is 0.645. The molecule has 0 aromatic heterocycles. The lowest BCUT2D eigenvalue weighted by Crippen LogP contribution is -1.91. The average molecular weight is 204 g/mol. The van der Waals surface area contributed by atoms with Gasteiger partial charge in [-0.25, -0.2) is 0 Å². The first-order valence-electron chi connectivity index (χ1n) is 5.23. The van der Waals surface area contributed by atoms with Crippen molar-refractivity contribution in [1.82, 2.24) is 0 Å². The molecule has 0 atom stereocenters. The van der Waals surface area contributed by atoms with Crippen LogP contribution >= 0.6 is 11.8 Å². The number of allylic oxidation sites excluding steroid dienone is 2. The Labute approximate surface area is 90.4 Å². The Bertz CT molecular complexity index is 322. The summed E-state index contributed by atoms with van der Waals surface area (Å²) in [6.45, 7) is 0. The molecule has 0 amide bonds. The van der Waals surface area contributed by atoms with Crippen LogP contribution in [0.3, 0.4) is 0 Å². The highest BCUT2D eigenvalue weighted by Crippen LogP contribution is 2.27. The van der Waals surface area contributed by atoms with Gasteiger partial charge in [0.25, 0.3) is 0 Å². The van der Waals surface area contributed by atoms with Gasteiger partial charge in [-0.05, 0) is 55.2 Å². The van der Waals surface area contributed by atoms with Gasteiger partial charge in [-0.3, -0.25) is 0 Å². The molecule has 1 aromatic carbocycles. The Morgan fingerprint density at radius 1 is 1.07 bits per heavy atom. The summed E-state index contributed by atoms with van der Waals surface area (Å²) in [6, 6.07) is 8.94. The third-order valence-corrected chi connectivity index (χ3v) is 3.50. The fourth-order valence-electron chi connectivity index (χ4n) is 1.91. The van der Waals surface area contributed by atoms with Crippen LogP contribution in [-0.2, 0) is 0 Å². The standard InChI is InChI=1S/C13H16S/c1-14-13-9-7-12(8-10-13)11-5-3-2-4-6-11/h5,7-10H,2-4,6H2,1H3. The summed E-state index contributed by atoms with van der Waals surface area (Å²) >= 11 is 1.80. The van der Waals surface area contributed by atoms with Crippen LogP contribution in [0.25, 0.3) is 5.57 Å². The summed E-state index contributed by atoms with van der Waals surface area (Å²) in [5.41, 5.74) is 2.96. The van der Waals surface area contributed by atoms with Crippen molar-refractivity contribution >= 4 is 17.3 Å². The van der Waals surface area contributed by atoms with E-state index in [9.17, 15) is 0 Å². The van der Waals surface area contributed by atoms with E-state index < -0.39 is 0 Å². The second kappa shape index (κ2) is 4.70. The second-order valence-electron chi connectivity index (χ2n) is 3.70. The zero-order valence-corrected chi connectivity index (χ0v) is 9.44. The van der Waals surface area contributed by atoms with Gasteiger partial charge in [0.1, 0.15) is 0 Å². The molecule has 0 saturated carbocycles. The number of thioether (sulfide) groups is 1. The Morgan fingerprint density at radius 3 is 2.43 bits per heavy atom. The highest BCUT2D eigenvalue weighted by Gasteiger charge is 2.05. The molecule has 0 nitrogen and oxygen atoms in total. The molecular formula is C13H16S. The van der Waals surface area contributed by atoms with Crippen LogP contribution in [0.15, 0.2) is 35.2 Å². The third kappa shape index (κ3) is 2.21. The molecule has 1 aromatic rings. The molecule has 0 fully saturated rings. The first-order chi connectivity index (χ1) is 6.90. The highest BCUT2D eigenvalue weighted by molar-refractivity contribution is 7.98. The van der Waals surface area contributed by atoms with E-state index >= 15 is 0 Å². The molecule has 0 N–H and O–H groups in total. The van der Waals surface area contributed by atoms with E-state index in [-0.39, 0.29) is 0 Å². The number of hydrogen-bond acceptors (Lipinski definition) is 1. The van der Waals surface area contributed by atoms with Crippen molar-refractivity contribution in [3.05, 3.63) is 35.9 Å². The molecular weight excluding hydrogens is 188 g/mol. The van der Waals surface area contributed by atoms with Gasteiger partial charge in [0.2, 0.25) is 0 Å². The van der Waals surface area contributed by atoms with Crippen LogP contribution in [0.1, 0.15) is 31.2 Å². The Morgan fingerprint density at radius 2 is 1.86 bits per heavy atom. The lowest BCUT2D eigenvalue weighted by molar-refractivity contribution is 0.742. The molecule has 1 heteroatoms. The van der Waals surface area contributed by atoms with Gasteiger partial charge in [-0.1, -0.05) is 18.2 Å². The van der Waals surface area contributed by atoms with E-state index in [1.807, 2.05) is 0 Å². The van der Waals surface area contributed by atoms with Crippen molar-refractivity contribution in [2.75, 3.05) is 6.26 Å². The molecule has 0 spiro atoms. The molecule has 0 aliphatic heterocycles. The van der Waals surface area contributed by atoms with Gasteiger partial charge in [-0.2, -0.15) is 0 Å². The predicted molar refractivity (Wildman–Crippen MR) is 64.7 cm³/mol. The van der Waals surface area contributed by atoms with Crippen LogP contribution in [0, 0.1) is 0 Å². The molecule has 14 heavy (non-hydrogen) atoms. The van der Waals surface area contributed by atoms with Crippen molar-refractivity contribution in [2.24, 2.45) is 0 Å². The first kappa shape index (κ1) is 9.85. The normalized spacial score (nSPS) is 16.5. The lowest BCUT2D eigenvalue weighted by atomic mass is 9.94. The summed E-state index contributed by atoms with van der Waals surface area (Å²) in [4.78, 5) is 1.35. The van der Waals surface area contributed by atoms with Gasteiger partial charge in [0.05, 0.1) is 0 Å². The number of benzene rings is 1. The van der Waals surface area contributed by atoms with Gasteiger partial charge < -0.3 is 0 Å². The minimum Gasteiger partial charge on any atom is -0.130 e. The number of hydrogen-bond donors (Lipinski definition) is 0. The molecule has 0 heterocycles. The Kier molecular flexibility index (Phi) is 3.30. The van der Waals surface area contributed by atoms with E-state index in [2.05, 4.69) is 36.6 Å². The van der Waals surface area contributed by atoms with Gasteiger partial charge in [-0.15, -0.1) is 11.8 Å². The van der Waals surface area contributed by atoms with Crippen LogP contribution in [-0.4, -0.2) is 6.26 Å². The van der Waals surface area contributed by atoms with Crippen molar-refractivity contribution < 1.29 is 0 Å². The molecule has 0 unspecified atom stereocenters. The lowest BCUT2D eigenvalue weighted by Gasteiger charge is -2.12. The molecule has 1 aliphatic carbocycles. The van der Waals surface area contributed by atoms with Gasteiger partial charge >= 0.3 is 0 Å². The summed E-state index contributed by atoms with van der Waals surface area (Å²) in [7, 11) is 0. The van der Waals surface area contributed by atoms with Crippen LogP contribution in [0.4, 0.5) is 0 Å². The summed E-state index contributed by atoms with van der Waals surface area (Å²) in [5, 5.41) is 0. The van der Waals surface area contributed by atoms with Gasteiger partial charge in [0.15, 0.2) is 0 Å². The highest BCUT2D eigenvalue weighted by atomic mass is 32.2. The zero-order valence-electron chi connectivity index (χ0n) is 8.62. The summed E-state index contributed by atoms with van der Waals surface area (Å²) < 4.78 is 0. The SMILES string of the molecule is CSc1ccc(C2=CCCCC2)cc1. The smallest absolute Gasteiger partial charge is 0.00695 e. The summed E-state index contributed by atoms with van der Waals surface area (Å²) in [5.74, 6) is 0. The molecule has 74 valence electrons. The average Bonchev–Trinajstić information content (AvgIpc) is 2.30. The Balaban J connectivity index is 2.19. The maximum absolute atomic E-state index is 2.40. The maximum Gasteiger partial charge on any atom is 0.00695 e. The minimum absolute atomic E-state index is 1.26. The minimum atomic E-state index is 1.26. The van der Waals surface area contributed by atoms with Crippen molar-refractivity contribution in [2.45, 2.75) is 30.6 Å². The van der Waals surface area contributed by atoms with E-state index in [1.165, 1.54) is 36.1 Å². The molecule has 2 rings (SSSR count). The fraction of sp³-hybridized carbons (Fsp3) is 0.385. The van der Waals surface area contributed by atoms with Crippen molar-refractivity contribution in [1.29, 1.82) is 0 Å². The molecule has 1 aliphatic rings.